The molecular weight excluding hydrogens is 541 g/mol. The third-order valence-electron chi connectivity index (χ3n) is 8.44. The maximum absolute atomic E-state index is 13.3. The topological polar surface area (TPSA) is 55.7 Å². The molecule has 8 heteroatoms. The van der Waals surface area contributed by atoms with E-state index >= 15 is 0 Å². The van der Waals surface area contributed by atoms with Crippen LogP contribution < -0.4 is 14.8 Å². The van der Waals surface area contributed by atoms with E-state index in [4.69, 9.17) is 21.1 Å². The second-order valence-corrected chi connectivity index (χ2v) is 11.5. The molecule has 2 aliphatic rings. The number of nitrogens with one attached hydrogen (secondary N) is 1. The van der Waals surface area contributed by atoms with Crippen molar-refractivity contribution in [2.24, 2.45) is 0 Å². The average molecular weight is 576 g/mol. The molecule has 2 saturated heterocycles. The molecule has 6 rings (SSSR count). The normalized spacial score (nSPS) is 20.3. The number of carbonyl (C=O) groups is 1. The van der Waals surface area contributed by atoms with E-state index in [1.54, 1.807) is 19.2 Å². The molecule has 1 N–H and O–H groups in total. The highest BCUT2D eigenvalue weighted by molar-refractivity contribution is 6.30. The van der Waals surface area contributed by atoms with Gasteiger partial charge in [0.15, 0.2) is 0 Å². The minimum atomic E-state index is -0.245. The number of para-hydroxylation sites is 1. The molecule has 0 aliphatic carbocycles. The number of ether oxygens (including phenoxy) is 2. The molecule has 1 amide bonds. The molecule has 2 fully saturated rings. The number of nitrogens with zero attached hydrogens (tertiary/aromatic N) is 2. The highest BCUT2D eigenvalue weighted by Crippen LogP contribution is 2.38. The molecular formula is C33H35ClFN3O3. The standard InChI is InChI=1S/C33H35ClFN3O3/c1-40-31-8-3-7-29-30(33(39)36-20-22-5-2-6-23(34)17-22)21-37(32(29)31)15-4-16-38-25-11-12-26(38)19-28(18-25)41-27-13-9-24(35)10-14-27/h2-3,5-10,13-14,17,21,25-26,28H,4,11-12,15-16,18-20H2,1H3,(H,36,39). The van der Waals surface area contributed by atoms with Crippen molar-refractivity contribution in [2.45, 2.75) is 63.4 Å². The first-order chi connectivity index (χ1) is 20.0. The van der Waals surface area contributed by atoms with E-state index in [0.29, 0.717) is 29.2 Å². The molecule has 0 radical (unpaired) electrons. The number of hydrogen-bond acceptors (Lipinski definition) is 4. The van der Waals surface area contributed by atoms with Crippen molar-refractivity contribution >= 4 is 28.4 Å². The summed E-state index contributed by atoms with van der Waals surface area (Å²) in [5, 5.41) is 4.58. The van der Waals surface area contributed by atoms with Gasteiger partial charge in [0.2, 0.25) is 0 Å². The first-order valence-electron chi connectivity index (χ1n) is 14.3. The molecule has 41 heavy (non-hydrogen) atoms. The van der Waals surface area contributed by atoms with Crippen molar-refractivity contribution in [1.82, 2.24) is 14.8 Å². The molecule has 1 aromatic heterocycles. The van der Waals surface area contributed by atoms with Gasteiger partial charge in [0.25, 0.3) is 5.91 Å². The SMILES string of the molecule is COc1cccc2c(C(=O)NCc3cccc(Cl)c3)cn(CCCN3C4CCC3CC(Oc3ccc(F)cc3)C4)c12. The number of amides is 1. The number of carbonyl (C=O) groups excluding carboxylic acids is 1. The monoisotopic (exact) mass is 575 g/mol. The van der Waals surface area contributed by atoms with Crippen molar-refractivity contribution in [3.8, 4) is 11.5 Å². The van der Waals surface area contributed by atoms with Crippen LogP contribution in [0.4, 0.5) is 4.39 Å². The van der Waals surface area contributed by atoms with Gasteiger partial charge in [0.1, 0.15) is 23.4 Å². The number of aryl methyl sites for hydroxylation is 1. The Hall–Kier alpha value is -3.55. The van der Waals surface area contributed by atoms with E-state index in [1.165, 1.54) is 25.0 Å². The van der Waals surface area contributed by atoms with Crippen LogP contribution in [0.2, 0.25) is 5.02 Å². The lowest BCUT2D eigenvalue weighted by molar-refractivity contribution is 0.0481. The smallest absolute Gasteiger partial charge is 0.253 e. The first-order valence-corrected chi connectivity index (χ1v) is 14.7. The fraction of sp³-hybridized carbons (Fsp3) is 0.364. The molecule has 0 spiro atoms. The minimum Gasteiger partial charge on any atom is -0.495 e. The van der Waals surface area contributed by atoms with E-state index in [9.17, 15) is 9.18 Å². The molecule has 6 nitrogen and oxygen atoms in total. The summed E-state index contributed by atoms with van der Waals surface area (Å²) < 4.78 is 27.3. The predicted molar refractivity (Wildman–Crippen MR) is 159 cm³/mol. The lowest BCUT2D eigenvalue weighted by Gasteiger charge is -2.39. The zero-order chi connectivity index (χ0) is 28.3. The van der Waals surface area contributed by atoms with Crippen LogP contribution in [0, 0.1) is 5.82 Å². The van der Waals surface area contributed by atoms with Crippen LogP contribution in [-0.2, 0) is 13.1 Å². The van der Waals surface area contributed by atoms with Gasteiger partial charge >= 0.3 is 0 Å². The van der Waals surface area contributed by atoms with Gasteiger partial charge in [-0.25, -0.2) is 4.39 Å². The quantitative estimate of drug-likeness (QED) is 0.225. The first kappa shape index (κ1) is 27.6. The summed E-state index contributed by atoms with van der Waals surface area (Å²) >= 11 is 6.11. The third kappa shape index (κ3) is 6.07. The summed E-state index contributed by atoms with van der Waals surface area (Å²) in [7, 11) is 1.67. The predicted octanol–water partition coefficient (Wildman–Crippen LogP) is 6.84. The van der Waals surface area contributed by atoms with Gasteiger partial charge in [-0.15, -0.1) is 0 Å². The van der Waals surface area contributed by atoms with Crippen molar-refractivity contribution < 1.29 is 18.7 Å². The van der Waals surface area contributed by atoms with E-state index < -0.39 is 0 Å². The van der Waals surface area contributed by atoms with Crippen LogP contribution in [0.3, 0.4) is 0 Å². The lowest BCUT2D eigenvalue weighted by Crippen LogP contribution is -2.46. The Morgan fingerprint density at radius 1 is 1.02 bits per heavy atom. The number of halogens is 2. The fourth-order valence-electron chi connectivity index (χ4n) is 6.59. The second-order valence-electron chi connectivity index (χ2n) is 11.0. The third-order valence-corrected chi connectivity index (χ3v) is 8.68. The van der Waals surface area contributed by atoms with Gasteiger partial charge in [-0.1, -0.05) is 35.9 Å². The van der Waals surface area contributed by atoms with Gasteiger partial charge < -0.3 is 19.4 Å². The Morgan fingerprint density at radius 3 is 2.51 bits per heavy atom. The molecule has 3 heterocycles. The van der Waals surface area contributed by atoms with Gasteiger partial charge in [-0.3, -0.25) is 9.69 Å². The molecule has 4 aromatic rings. The van der Waals surface area contributed by atoms with Crippen LogP contribution in [0.15, 0.2) is 72.9 Å². The van der Waals surface area contributed by atoms with Crippen molar-refractivity contribution in [3.63, 3.8) is 0 Å². The maximum atomic E-state index is 13.3. The summed E-state index contributed by atoms with van der Waals surface area (Å²) in [6, 6.07) is 20.7. The van der Waals surface area contributed by atoms with Gasteiger partial charge in [-0.05, 0) is 80.1 Å². The summed E-state index contributed by atoms with van der Waals surface area (Å²) in [4.78, 5) is 15.9. The van der Waals surface area contributed by atoms with E-state index in [2.05, 4.69) is 14.8 Å². The minimum absolute atomic E-state index is 0.122. The molecule has 0 saturated carbocycles. The van der Waals surface area contributed by atoms with E-state index in [0.717, 1.165) is 60.3 Å². The van der Waals surface area contributed by atoms with Gasteiger partial charge in [0, 0.05) is 48.3 Å². The highest BCUT2D eigenvalue weighted by Gasteiger charge is 2.41. The zero-order valence-electron chi connectivity index (χ0n) is 23.2. The van der Waals surface area contributed by atoms with Crippen LogP contribution in [-0.4, -0.2) is 47.2 Å². The number of piperidine rings is 1. The largest absolute Gasteiger partial charge is 0.495 e. The van der Waals surface area contributed by atoms with Gasteiger partial charge in [0.05, 0.1) is 18.2 Å². The Bertz CT molecular complexity index is 1510. The molecule has 3 aromatic carbocycles. The summed E-state index contributed by atoms with van der Waals surface area (Å²) in [6.45, 7) is 2.17. The Balaban J connectivity index is 1.11. The number of aromatic nitrogens is 1. The van der Waals surface area contributed by atoms with E-state index in [-0.39, 0.29) is 17.8 Å². The van der Waals surface area contributed by atoms with Crippen molar-refractivity contribution in [3.05, 3.63) is 94.9 Å². The van der Waals surface area contributed by atoms with Crippen molar-refractivity contribution in [1.29, 1.82) is 0 Å². The number of fused-ring (bicyclic) bond motifs is 3. The number of benzene rings is 3. The maximum Gasteiger partial charge on any atom is 0.253 e. The van der Waals surface area contributed by atoms with Crippen LogP contribution >= 0.6 is 11.6 Å². The summed E-state index contributed by atoms with van der Waals surface area (Å²) in [6.07, 6.45) is 7.44. The summed E-state index contributed by atoms with van der Waals surface area (Å²) in [5.41, 5.74) is 2.53. The Morgan fingerprint density at radius 2 is 1.78 bits per heavy atom. The molecule has 214 valence electrons. The second kappa shape index (κ2) is 12.1. The molecule has 2 atom stereocenters. The number of hydrogen-bond donors (Lipinski definition) is 1. The van der Waals surface area contributed by atoms with Crippen LogP contribution in [0.1, 0.15) is 48.0 Å². The Labute approximate surface area is 245 Å². The fourth-order valence-corrected chi connectivity index (χ4v) is 6.80. The summed E-state index contributed by atoms with van der Waals surface area (Å²) in [5.74, 6) is 1.13. The lowest BCUT2D eigenvalue weighted by atomic mass is 9.99. The average Bonchev–Trinajstić information content (AvgIpc) is 3.46. The zero-order valence-corrected chi connectivity index (χ0v) is 23.9. The molecule has 2 bridgehead atoms. The number of methoxy groups -OCH3 is 1. The number of rotatable bonds is 10. The van der Waals surface area contributed by atoms with Gasteiger partial charge in [-0.2, -0.15) is 0 Å². The highest BCUT2D eigenvalue weighted by atomic mass is 35.5. The molecule has 2 unspecified atom stereocenters. The van der Waals surface area contributed by atoms with Crippen LogP contribution in [0.5, 0.6) is 11.5 Å². The van der Waals surface area contributed by atoms with Crippen LogP contribution in [0.25, 0.3) is 10.9 Å². The van der Waals surface area contributed by atoms with E-state index in [1.807, 2.05) is 48.7 Å². The molecule has 2 aliphatic heterocycles. The Kier molecular flexibility index (Phi) is 8.17. The van der Waals surface area contributed by atoms with Crippen molar-refractivity contribution in [2.75, 3.05) is 13.7 Å².